The molecule has 0 aliphatic rings. The summed E-state index contributed by atoms with van der Waals surface area (Å²) in [4.78, 5) is 12.4. The lowest BCUT2D eigenvalue weighted by Gasteiger charge is -2.15. The molecule has 3 aromatic rings. The summed E-state index contributed by atoms with van der Waals surface area (Å²) in [5.74, 6) is -0.300. The average Bonchev–Trinajstić information content (AvgIpc) is 2.79. The van der Waals surface area contributed by atoms with Crippen LogP contribution in [0.5, 0.6) is 0 Å². The van der Waals surface area contributed by atoms with Crippen LogP contribution in [0.1, 0.15) is 19.9 Å². The number of aromatic nitrogens is 2. The number of hydrogen-bond donors (Lipinski definition) is 0. The minimum atomic E-state index is -0.300. The first-order valence-electron chi connectivity index (χ1n) is 5.90. The maximum absolute atomic E-state index is 13.4. The summed E-state index contributed by atoms with van der Waals surface area (Å²) < 4.78 is 16.8. The SMILES string of the molecule is CC(C)n1c(=O)c2cccn2c2cc(F)ccc21. The van der Waals surface area contributed by atoms with Crippen LogP contribution < -0.4 is 5.56 Å². The first-order valence-corrected chi connectivity index (χ1v) is 5.90. The lowest BCUT2D eigenvalue weighted by atomic mass is 10.2. The van der Waals surface area contributed by atoms with Crippen LogP contribution >= 0.6 is 0 Å². The van der Waals surface area contributed by atoms with Crippen molar-refractivity contribution in [1.82, 2.24) is 8.97 Å². The first kappa shape index (κ1) is 11.0. The molecular formula is C14H13FN2O. The molecule has 0 radical (unpaired) electrons. The van der Waals surface area contributed by atoms with E-state index in [9.17, 15) is 9.18 Å². The smallest absolute Gasteiger partial charge is 0.275 e. The lowest BCUT2D eigenvalue weighted by molar-refractivity contribution is 0.598. The van der Waals surface area contributed by atoms with Crippen LogP contribution in [0, 0.1) is 5.82 Å². The van der Waals surface area contributed by atoms with Gasteiger partial charge in [-0.15, -0.1) is 0 Å². The summed E-state index contributed by atoms with van der Waals surface area (Å²) in [6, 6.07) is 8.09. The first-order chi connectivity index (χ1) is 8.59. The second kappa shape index (κ2) is 3.70. The van der Waals surface area contributed by atoms with Crippen LogP contribution in [0.25, 0.3) is 16.6 Å². The van der Waals surface area contributed by atoms with Gasteiger partial charge in [-0.2, -0.15) is 0 Å². The summed E-state index contributed by atoms with van der Waals surface area (Å²) >= 11 is 0. The minimum absolute atomic E-state index is 0.0327. The molecule has 0 aliphatic carbocycles. The third kappa shape index (κ3) is 1.38. The molecule has 0 amide bonds. The second-order valence-electron chi connectivity index (χ2n) is 4.67. The van der Waals surface area contributed by atoms with E-state index in [4.69, 9.17) is 0 Å². The third-order valence-corrected chi connectivity index (χ3v) is 3.16. The van der Waals surface area contributed by atoms with E-state index < -0.39 is 0 Å². The monoisotopic (exact) mass is 244 g/mol. The standard InChI is InChI=1S/C14H13FN2O/c1-9(2)17-11-6-5-10(15)8-13(11)16-7-3-4-12(16)14(17)18/h3-9H,1-2H3. The van der Waals surface area contributed by atoms with Crippen molar-refractivity contribution >= 4 is 16.6 Å². The number of halogens is 1. The Morgan fingerprint density at radius 3 is 2.61 bits per heavy atom. The highest BCUT2D eigenvalue weighted by Crippen LogP contribution is 2.19. The number of nitrogens with zero attached hydrogens (tertiary/aromatic N) is 2. The fourth-order valence-electron chi connectivity index (χ4n) is 2.40. The Kier molecular flexibility index (Phi) is 2.26. The van der Waals surface area contributed by atoms with Gasteiger partial charge in [0.2, 0.25) is 0 Å². The van der Waals surface area contributed by atoms with E-state index in [1.165, 1.54) is 12.1 Å². The molecule has 1 aromatic carbocycles. The van der Waals surface area contributed by atoms with Crippen molar-refractivity contribution in [3.8, 4) is 0 Å². The highest BCUT2D eigenvalue weighted by Gasteiger charge is 2.12. The van der Waals surface area contributed by atoms with Gasteiger partial charge in [-0.3, -0.25) is 4.79 Å². The lowest BCUT2D eigenvalue weighted by Crippen LogP contribution is -2.24. The Labute approximate surface area is 103 Å². The molecule has 0 bridgehead atoms. The molecule has 3 rings (SSSR count). The Balaban J connectivity index is 2.65. The van der Waals surface area contributed by atoms with Crippen molar-refractivity contribution in [1.29, 1.82) is 0 Å². The molecule has 2 aromatic heterocycles. The van der Waals surface area contributed by atoms with Gasteiger partial charge in [0.25, 0.3) is 5.56 Å². The average molecular weight is 244 g/mol. The van der Waals surface area contributed by atoms with E-state index in [1.807, 2.05) is 13.8 Å². The number of hydrogen-bond acceptors (Lipinski definition) is 1. The fourth-order valence-corrected chi connectivity index (χ4v) is 2.40. The molecule has 4 heteroatoms. The number of benzene rings is 1. The zero-order valence-electron chi connectivity index (χ0n) is 10.2. The number of rotatable bonds is 1. The molecule has 0 atom stereocenters. The van der Waals surface area contributed by atoms with E-state index in [-0.39, 0.29) is 17.4 Å². The molecule has 18 heavy (non-hydrogen) atoms. The summed E-state index contributed by atoms with van der Waals surface area (Å²) in [6.45, 7) is 3.90. The minimum Gasteiger partial charge on any atom is -0.310 e. The van der Waals surface area contributed by atoms with Crippen LogP contribution in [0.4, 0.5) is 4.39 Å². The van der Waals surface area contributed by atoms with Gasteiger partial charge in [0.05, 0.1) is 11.0 Å². The zero-order chi connectivity index (χ0) is 12.9. The molecule has 2 heterocycles. The van der Waals surface area contributed by atoms with Gasteiger partial charge in [0.1, 0.15) is 11.3 Å². The molecule has 0 fully saturated rings. The molecule has 0 spiro atoms. The maximum atomic E-state index is 13.4. The van der Waals surface area contributed by atoms with E-state index in [0.29, 0.717) is 11.0 Å². The van der Waals surface area contributed by atoms with Crippen LogP contribution in [-0.2, 0) is 0 Å². The quantitative estimate of drug-likeness (QED) is 0.646. The third-order valence-electron chi connectivity index (χ3n) is 3.16. The van der Waals surface area contributed by atoms with E-state index in [1.54, 1.807) is 33.4 Å². The van der Waals surface area contributed by atoms with E-state index >= 15 is 0 Å². The van der Waals surface area contributed by atoms with Gasteiger partial charge in [-0.25, -0.2) is 4.39 Å². The molecule has 0 saturated heterocycles. The second-order valence-corrected chi connectivity index (χ2v) is 4.67. The van der Waals surface area contributed by atoms with Crippen LogP contribution in [0.3, 0.4) is 0 Å². The summed E-state index contributed by atoms with van der Waals surface area (Å²) in [7, 11) is 0. The van der Waals surface area contributed by atoms with Crippen molar-refractivity contribution < 1.29 is 4.39 Å². The molecule has 0 N–H and O–H groups in total. The summed E-state index contributed by atoms with van der Waals surface area (Å²) in [5, 5.41) is 0. The summed E-state index contributed by atoms with van der Waals surface area (Å²) in [5.41, 5.74) is 1.99. The van der Waals surface area contributed by atoms with E-state index in [2.05, 4.69) is 0 Å². The Morgan fingerprint density at radius 2 is 1.89 bits per heavy atom. The van der Waals surface area contributed by atoms with Crippen LogP contribution in [0.2, 0.25) is 0 Å². The fraction of sp³-hybridized carbons (Fsp3) is 0.214. The van der Waals surface area contributed by atoms with Crippen molar-refractivity contribution in [3.05, 3.63) is 52.7 Å². The maximum Gasteiger partial charge on any atom is 0.275 e. The van der Waals surface area contributed by atoms with Crippen molar-refractivity contribution in [2.75, 3.05) is 0 Å². The van der Waals surface area contributed by atoms with Gasteiger partial charge in [-0.1, -0.05) is 0 Å². The molecule has 3 nitrogen and oxygen atoms in total. The normalized spacial score (nSPS) is 11.8. The molecular weight excluding hydrogens is 231 g/mol. The Hall–Kier alpha value is -2.10. The van der Waals surface area contributed by atoms with Crippen LogP contribution in [-0.4, -0.2) is 8.97 Å². The molecule has 0 saturated carbocycles. The van der Waals surface area contributed by atoms with Gasteiger partial charge in [0, 0.05) is 12.2 Å². The largest absolute Gasteiger partial charge is 0.310 e. The van der Waals surface area contributed by atoms with Crippen molar-refractivity contribution in [2.45, 2.75) is 19.9 Å². The van der Waals surface area contributed by atoms with Gasteiger partial charge >= 0.3 is 0 Å². The predicted octanol–water partition coefficient (Wildman–Crippen LogP) is 2.97. The Morgan fingerprint density at radius 1 is 1.11 bits per heavy atom. The van der Waals surface area contributed by atoms with Gasteiger partial charge in [0.15, 0.2) is 0 Å². The topological polar surface area (TPSA) is 26.4 Å². The van der Waals surface area contributed by atoms with Gasteiger partial charge in [-0.05, 0) is 44.2 Å². The number of fused-ring (bicyclic) bond motifs is 3. The highest BCUT2D eigenvalue weighted by atomic mass is 19.1. The highest BCUT2D eigenvalue weighted by molar-refractivity contribution is 5.79. The van der Waals surface area contributed by atoms with Crippen molar-refractivity contribution in [2.24, 2.45) is 0 Å². The van der Waals surface area contributed by atoms with Crippen LogP contribution in [0.15, 0.2) is 41.3 Å². The van der Waals surface area contributed by atoms with Gasteiger partial charge < -0.3 is 8.97 Å². The molecule has 92 valence electrons. The van der Waals surface area contributed by atoms with E-state index in [0.717, 1.165) is 5.52 Å². The molecule has 0 aliphatic heterocycles. The van der Waals surface area contributed by atoms with Crippen molar-refractivity contribution in [3.63, 3.8) is 0 Å². The predicted molar refractivity (Wildman–Crippen MR) is 69.5 cm³/mol. The summed E-state index contributed by atoms with van der Waals surface area (Å²) in [6.07, 6.45) is 1.78. The zero-order valence-corrected chi connectivity index (χ0v) is 10.2. The Bertz CT molecular complexity index is 799. The molecule has 0 unspecified atom stereocenters.